The van der Waals surface area contributed by atoms with Gasteiger partial charge in [-0.05, 0) is 31.0 Å². The first kappa shape index (κ1) is 16.2. The molecule has 2 N–H and O–H groups in total. The lowest BCUT2D eigenvalue weighted by Crippen LogP contribution is -2.50. The van der Waals surface area contributed by atoms with Crippen molar-refractivity contribution in [3.05, 3.63) is 28.3 Å². The second-order valence-electron chi connectivity index (χ2n) is 5.37. The normalized spacial score (nSPS) is 19.5. The lowest BCUT2D eigenvalue weighted by atomic mass is 10.1. The maximum absolute atomic E-state index is 12.2. The SMILES string of the molecule is Cc1cc(C)c(NC(=O)CN2CCOCC2CO)c(Cl)c1. The molecule has 1 aliphatic heterocycles. The zero-order valence-corrected chi connectivity index (χ0v) is 13.1. The molecule has 0 radical (unpaired) electrons. The molecule has 1 fully saturated rings. The fourth-order valence-corrected chi connectivity index (χ4v) is 2.87. The van der Waals surface area contributed by atoms with Gasteiger partial charge in [0.2, 0.25) is 5.91 Å². The molecule has 1 saturated heterocycles. The zero-order valence-electron chi connectivity index (χ0n) is 12.4. The van der Waals surface area contributed by atoms with Gasteiger partial charge in [-0.15, -0.1) is 0 Å². The molecule has 1 aliphatic rings. The van der Waals surface area contributed by atoms with Gasteiger partial charge in [0.15, 0.2) is 0 Å². The molecule has 0 aliphatic carbocycles. The third-order valence-corrected chi connectivity index (χ3v) is 3.90. The maximum Gasteiger partial charge on any atom is 0.238 e. The van der Waals surface area contributed by atoms with E-state index in [-0.39, 0.29) is 25.1 Å². The number of nitrogens with zero attached hydrogens (tertiary/aromatic N) is 1. The van der Waals surface area contributed by atoms with Gasteiger partial charge in [-0.1, -0.05) is 17.7 Å². The van der Waals surface area contributed by atoms with Crippen LogP contribution >= 0.6 is 11.6 Å². The van der Waals surface area contributed by atoms with Gasteiger partial charge in [0.25, 0.3) is 0 Å². The van der Waals surface area contributed by atoms with Crippen LogP contribution < -0.4 is 5.32 Å². The third-order valence-electron chi connectivity index (χ3n) is 3.60. The van der Waals surface area contributed by atoms with Gasteiger partial charge in [0, 0.05) is 6.54 Å². The summed E-state index contributed by atoms with van der Waals surface area (Å²) in [5, 5.41) is 12.7. The minimum atomic E-state index is -0.135. The second kappa shape index (κ2) is 7.22. The number of aliphatic hydroxyl groups is 1. The molecule has 21 heavy (non-hydrogen) atoms. The molecule has 0 saturated carbocycles. The van der Waals surface area contributed by atoms with E-state index in [4.69, 9.17) is 16.3 Å². The number of hydrogen-bond acceptors (Lipinski definition) is 4. The average molecular weight is 313 g/mol. The van der Waals surface area contributed by atoms with E-state index in [9.17, 15) is 9.90 Å². The lowest BCUT2D eigenvalue weighted by molar-refractivity contribution is -0.120. The van der Waals surface area contributed by atoms with E-state index in [2.05, 4.69) is 5.32 Å². The number of anilines is 1. The van der Waals surface area contributed by atoms with Crippen LogP contribution in [0.5, 0.6) is 0 Å². The highest BCUT2D eigenvalue weighted by Crippen LogP contribution is 2.27. The summed E-state index contributed by atoms with van der Waals surface area (Å²) in [4.78, 5) is 14.1. The van der Waals surface area contributed by atoms with Crippen LogP contribution in [0.1, 0.15) is 11.1 Å². The molecule has 116 valence electrons. The molecule has 5 nitrogen and oxygen atoms in total. The predicted octanol–water partition coefficient (Wildman–Crippen LogP) is 1.59. The smallest absolute Gasteiger partial charge is 0.238 e. The first-order valence-corrected chi connectivity index (χ1v) is 7.38. The number of carbonyl (C=O) groups is 1. The van der Waals surface area contributed by atoms with Gasteiger partial charge in [-0.3, -0.25) is 9.69 Å². The number of aryl methyl sites for hydroxylation is 2. The van der Waals surface area contributed by atoms with Gasteiger partial charge in [-0.25, -0.2) is 0 Å². The molecule has 1 aromatic rings. The standard InChI is InChI=1S/C15H21ClN2O3/c1-10-5-11(2)15(13(16)6-10)17-14(20)7-18-3-4-21-9-12(18)8-19/h5-6,12,19H,3-4,7-9H2,1-2H3,(H,17,20). The van der Waals surface area contributed by atoms with E-state index in [1.165, 1.54) is 0 Å². The number of carbonyl (C=O) groups excluding carboxylic acids is 1. The number of morpholine rings is 1. The van der Waals surface area contributed by atoms with Crippen LogP contribution in [0.3, 0.4) is 0 Å². The summed E-state index contributed by atoms with van der Waals surface area (Å²) >= 11 is 6.19. The number of nitrogens with one attached hydrogen (secondary N) is 1. The Hall–Kier alpha value is -1.14. The molecule has 1 heterocycles. The highest BCUT2D eigenvalue weighted by Gasteiger charge is 2.24. The highest BCUT2D eigenvalue weighted by molar-refractivity contribution is 6.34. The van der Waals surface area contributed by atoms with E-state index in [1.54, 1.807) is 0 Å². The van der Waals surface area contributed by atoms with E-state index in [1.807, 2.05) is 30.9 Å². The number of rotatable bonds is 4. The summed E-state index contributed by atoms with van der Waals surface area (Å²) in [5.74, 6) is -0.135. The molecule has 6 heteroatoms. The van der Waals surface area contributed by atoms with Gasteiger partial charge in [0.05, 0.1) is 43.1 Å². The summed E-state index contributed by atoms with van der Waals surface area (Å²) < 4.78 is 5.30. The largest absolute Gasteiger partial charge is 0.395 e. The monoisotopic (exact) mass is 312 g/mol. The van der Waals surface area contributed by atoms with Crippen molar-refractivity contribution >= 4 is 23.2 Å². The highest BCUT2D eigenvalue weighted by atomic mass is 35.5. The van der Waals surface area contributed by atoms with Crippen LogP contribution in [0.2, 0.25) is 5.02 Å². The van der Waals surface area contributed by atoms with Gasteiger partial charge in [0.1, 0.15) is 0 Å². The number of halogens is 1. The second-order valence-corrected chi connectivity index (χ2v) is 5.78. The summed E-state index contributed by atoms with van der Waals surface area (Å²) in [7, 11) is 0. The molecular formula is C15H21ClN2O3. The number of benzene rings is 1. The van der Waals surface area contributed by atoms with Crippen molar-refractivity contribution in [1.82, 2.24) is 4.90 Å². The van der Waals surface area contributed by atoms with E-state index in [0.29, 0.717) is 30.5 Å². The van der Waals surface area contributed by atoms with Gasteiger partial charge >= 0.3 is 0 Å². The summed E-state index contributed by atoms with van der Waals surface area (Å²) in [6, 6.07) is 3.68. The fourth-order valence-electron chi connectivity index (χ4n) is 2.50. The first-order chi connectivity index (χ1) is 10.0. The van der Waals surface area contributed by atoms with Crippen molar-refractivity contribution in [3.63, 3.8) is 0 Å². The maximum atomic E-state index is 12.2. The molecule has 1 unspecified atom stereocenters. The quantitative estimate of drug-likeness (QED) is 0.886. The van der Waals surface area contributed by atoms with Crippen LogP contribution in [0.15, 0.2) is 12.1 Å². The lowest BCUT2D eigenvalue weighted by Gasteiger charge is -2.33. The molecule has 1 amide bonds. The molecule has 0 bridgehead atoms. The summed E-state index contributed by atoms with van der Waals surface area (Å²) in [5.41, 5.74) is 2.65. The Kier molecular flexibility index (Phi) is 5.58. The van der Waals surface area contributed by atoms with Crippen LogP contribution in [-0.2, 0) is 9.53 Å². The first-order valence-electron chi connectivity index (χ1n) is 7.00. The Morgan fingerprint density at radius 1 is 1.52 bits per heavy atom. The molecular weight excluding hydrogens is 292 g/mol. The van der Waals surface area contributed by atoms with Crippen molar-refractivity contribution in [2.45, 2.75) is 19.9 Å². The minimum absolute atomic E-state index is 0.0163. The van der Waals surface area contributed by atoms with Crippen molar-refractivity contribution in [1.29, 1.82) is 0 Å². The van der Waals surface area contributed by atoms with Crippen molar-refractivity contribution in [2.24, 2.45) is 0 Å². The Morgan fingerprint density at radius 3 is 2.95 bits per heavy atom. The fraction of sp³-hybridized carbons (Fsp3) is 0.533. The molecule has 1 atom stereocenters. The van der Waals surface area contributed by atoms with E-state index >= 15 is 0 Å². The van der Waals surface area contributed by atoms with E-state index < -0.39 is 0 Å². The Bertz CT molecular complexity index is 499. The zero-order chi connectivity index (χ0) is 15.4. The van der Waals surface area contributed by atoms with Crippen molar-refractivity contribution < 1.29 is 14.6 Å². The molecule has 1 aromatic carbocycles. The number of ether oxygens (including phenoxy) is 1. The summed E-state index contributed by atoms with van der Waals surface area (Å²) in [6.45, 7) is 5.75. The third kappa shape index (κ3) is 4.17. The Labute approximate surface area is 129 Å². The number of hydrogen-bond donors (Lipinski definition) is 2. The minimum Gasteiger partial charge on any atom is -0.395 e. The number of amides is 1. The predicted molar refractivity (Wildman–Crippen MR) is 82.8 cm³/mol. The Balaban J connectivity index is 2.01. The van der Waals surface area contributed by atoms with Gasteiger partial charge in [-0.2, -0.15) is 0 Å². The van der Waals surface area contributed by atoms with Crippen molar-refractivity contribution in [2.75, 3.05) is 38.2 Å². The Morgan fingerprint density at radius 2 is 2.29 bits per heavy atom. The molecule has 0 aromatic heterocycles. The van der Waals surface area contributed by atoms with Crippen LogP contribution in [-0.4, -0.2) is 54.9 Å². The summed E-state index contributed by atoms with van der Waals surface area (Å²) in [6.07, 6.45) is 0. The van der Waals surface area contributed by atoms with Crippen LogP contribution in [0, 0.1) is 13.8 Å². The van der Waals surface area contributed by atoms with E-state index in [0.717, 1.165) is 11.1 Å². The van der Waals surface area contributed by atoms with Crippen LogP contribution in [0.25, 0.3) is 0 Å². The van der Waals surface area contributed by atoms with Crippen molar-refractivity contribution in [3.8, 4) is 0 Å². The molecule has 2 rings (SSSR count). The number of aliphatic hydroxyl groups excluding tert-OH is 1. The van der Waals surface area contributed by atoms with Gasteiger partial charge < -0.3 is 15.2 Å². The van der Waals surface area contributed by atoms with Crippen LogP contribution in [0.4, 0.5) is 5.69 Å². The average Bonchev–Trinajstić information content (AvgIpc) is 2.43. The topological polar surface area (TPSA) is 61.8 Å². The molecule has 0 spiro atoms.